The summed E-state index contributed by atoms with van der Waals surface area (Å²) >= 11 is 5.81. The molecule has 2 amide bonds. The zero-order valence-corrected chi connectivity index (χ0v) is 13.4. The van der Waals surface area contributed by atoms with Crippen LogP contribution >= 0.6 is 11.6 Å². The molecular weight excluding hydrogens is 304 g/mol. The van der Waals surface area contributed by atoms with Crippen molar-refractivity contribution in [2.24, 2.45) is 11.8 Å². The van der Waals surface area contributed by atoms with E-state index in [4.69, 9.17) is 16.3 Å². The second-order valence-corrected chi connectivity index (χ2v) is 5.87. The summed E-state index contributed by atoms with van der Waals surface area (Å²) in [5.41, 5.74) is 0.985. The third kappa shape index (κ3) is 5.00. The maximum atomic E-state index is 12.0. The average Bonchev–Trinajstić information content (AvgIpc) is 3.31. The highest BCUT2D eigenvalue weighted by atomic mass is 35.5. The molecule has 120 valence electrons. The number of hydrogen-bond acceptors (Lipinski definition) is 3. The van der Waals surface area contributed by atoms with Gasteiger partial charge in [-0.05, 0) is 30.5 Å². The smallest absolute Gasteiger partial charge is 0.224 e. The summed E-state index contributed by atoms with van der Waals surface area (Å²) in [5.74, 6) is -0.489. The number of benzene rings is 1. The van der Waals surface area contributed by atoms with Crippen LogP contribution in [-0.4, -0.2) is 32.1 Å². The molecule has 1 aromatic rings. The van der Waals surface area contributed by atoms with Gasteiger partial charge in [-0.25, -0.2) is 0 Å². The molecule has 0 saturated heterocycles. The van der Waals surface area contributed by atoms with Gasteiger partial charge in [-0.2, -0.15) is 0 Å². The Bertz CT molecular complexity index is 519. The maximum Gasteiger partial charge on any atom is 0.224 e. The van der Waals surface area contributed by atoms with Gasteiger partial charge in [-0.1, -0.05) is 23.7 Å². The van der Waals surface area contributed by atoms with Gasteiger partial charge in [0, 0.05) is 31.8 Å². The van der Waals surface area contributed by atoms with Crippen molar-refractivity contribution < 1.29 is 14.3 Å². The van der Waals surface area contributed by atoms with Crippen LogP contribution in [0.25, 0.3) is 0 Å². The third-order valence-electron chi connectivity index (χ3n) is 3.67. The number of ether oxygens (including phenoxy) is 1. The summed E-state index contributed by atoms with van der Waals surface area (Å²) in [7, 11) is 1.63. The number of amides is 2. The molecule has 1 aliphatic carbocycles. The lowest BCUT2D eigenvalue weighted by Gasteiger charge is -2.06. The molecule has 0 aliphatic heterocycles. The molecule has 0 bridgehead atoms. The van der Waals surface area contributed by atoms with E-state index < -0.39 is 0 Å². The Morgan fingerprint density at radius 1 is 1.18 bits per heavy atom. The van der Waals surface area contributed by atoms with Gasteiger partial charge in [-0.3, -0.25) is 9.59 Å². The van der Waals surface area contributed by atoms with Gasteiger partial charge in [0.2, 0.25) is 11.8 Å². The minimum Gasteiger partial charge on any atom is -0.385 e. The molecule has 2 atom stereocenters. The topological polar surface area (TPSA) is 67.4 Å². The van der Waals surface area contributed by atoms with E-state index in [1.165, 1.54) is 0 Å². The first-order valence-electron chi connectivity index (χ1n) is 7.40. The van der Waals surface area contributed by atoms with Crippen molar-refractivity contribution in [3.05, 3.63) is 34.9 Å². The van der Waals surface area contributed by atoms with E-state index in [0.717, 1.165) is 12.0 Å². The van der Waals surface area contributed by atoms with Crippen LogP contribution in [0.4, 0.5) is 0 Å². The van der Waals surface area contributed by atoms with Crippen molar-refractivity contribution in [3.63, 3.8) is 0 Å². The molecule has 0 aromatic heterocycles. The molecule has 2 N–H and O–H groups in total. The van der Waals surface area contributed by atoms with Gasteiger partial charge in [-0.15, -0.1) is 0 Å². The van der Waals surface area contributed by atoms with Crippen molar-refractivity contribution in [2.45, 2.75) is 19.4 Å². The molecule has 22 heavy (non-hydrogen) atoms. The Labute approximate surface area is 135 Å². The van der Waals surface area contributed by atoms with Crippen LogP contribution < -0.4 is 10.6 Å². The lowest BCUT2D eigenvalue weighted by Crippen LogP contribution is -2.30. The molecule has 2 rings (SSSR count). The molecule has 0 spiro atoms. The monoisotopic (exact) mass is 324 g/mol. The van der Waals surface area contributed by atoms with Crippen LogP contribution in [0.2, 0.25) is 5.02 Å². The number of methoxy groups -OCH3 is 1. The fraction of sp³-hybridized carbons (Fsp3) is 0.500. The van der Waals surface area contributed by atoms with Gasteiger partial charge in [0.05, 0.1) is 11.8 Å². The molecule has 0 heterocycles. The molecule has 5 nitrogen and oxygen atoms in total. The number of nitrogens with one attached hydrogen (secondary N) is 2. The summed E-state index contributed by atoms with van der Waals surface area (Å²) in [6.07, 6.45) is 1.41. The van der Waals surface area contributed by atoms with Crippen LogP contribution in [0, 0.1) is 11.8 Å². The van der Waals surface area contributed by atoms with Crippen molar-refractivity contribution in [1.29, 1.82) is 0 Å². The molecule has 6 heteroatoms. The molecule has 0 radical (unpaired) electrons. The van der Waals surface area contributed by atoms with Crippen molar-refractivity contribution in [3.8, 4) is 0 Å². The second-order valence-electron chi connectivity index (χ2n) is 5.43. The summed E-state index contributed by atoms with van der Waals surface area (Å²) in [4.78, 5) is 23.8. The lowest BCUT2D eigenvalue weighted by atomic mass is 10.2. The first-order valence-corrected chi connectivity index (χ1v) is 7.78. The Balaban J connectivity index is 1.67. The maximum absolute atomic E-state index is 12.0. The standard InChI is InChI=1S/C16H21ClN2O3/c1-22-8-2-7-18-15(20)13-9-14(13)16(21)19-10-11-3-5-12(17)6-4-11/h3-6,13-14H,2,7-10H2,1H3,(H,18,20)(H,19,21). The van der Waals surface area contributed by atoms with E-state index in [2.05, 4.69) is 10.6 Å². The Morgan fingerprint density at radius 3 is 2.45 bits per heavy atom. The van der Waals surface area contributed by atoms with Crippen molar-refractivity contribution in [2.75, 3.05) is 20.3 Å². The van der Waals surface area contributed by atoms with Gasteiger partial charge < -0.3 is 15.4 Å². The SMILES string of the molecule is COCCCNC(=O)C1CC1C(=O)NCc1ccc(Cl)cc1. The minimum absolute atomic E-state index is 0.0391. The van der Waals surface area contributed by atoms with Crippen LogP contribution in [-0.2, 0) is 20.9 Å². The van der Waals surface area contributed by atoms with Crippen molar-refractivity contribution in [1.82, 2.24) is 10.6 Å². The number of halogens is 1. The Kier molecular flexibility index (Phi) is 6.21. The summed E-state index contributed by atoms with van der Waals surface area (Å²) in [6.45, 7) is 1.66. The number of hydrogen-bond donors (Lipinski definition) is 2. The number of carbonyl (C=O) groups is 2. The van der Waals surface area contributed by atoms with Gasteiger partial charge in [0.25, 0.3) is 0 Å². The van der Waals surface area contributed by atoms with Gasteiger partial charge >= 0.3 is 0 Å². The van der Waals surface area contributed by atoms with E-state index in [9.17, 15) is 9.59 Å². The first-order chi connectivity index (χ1) is 10.6. The molecule has 1 fully saturated rings. The normalized spacial score (nSPS) is 19.5. The fourth-order valence-corrected chi connectivity index (χ4v) is 2.38. The van der Waals surface area contributed by atoms with E-state index in [0.29, 0.717) is 31.1 Å². The molecule has 2 unspecified atom stereocenters. The summed E-state index contributed by atoms with van der Waals surface area (Å²) in [5, 5.41) is 6.36. The van der Waals surface area contributed by atoms with Crippen molar-refractivity contribution >= 4 is 23.4 Å². The van der Waals surface area contributed by atoms with Crippen LogP contribution in [0.15, 0.2) is 24.3 Å². The highest BCUT2D eigenvalue weighted by Gasteiger charge is 2.47. The van der Waals surface area contributed by atoms with E-state index in [1.807, 2.05) is 12.1 Å². The molecule has 1 saturated carbocycles. The Morgan fingerprint density at radius 2 is 1.82 bits per heavy atom. The zero-order valence-electron chi connectivity index (χ0n) is 12.6. The molecule has 1 aliphatic rings. The highest BCUT2D eigenvalue weighted by Crippen LogP contribution is 2.38. The third-order valence-corrected chi connectivity index (χ3v) is 3.92. The second kappa shape index (κ2) is 8.15. The zero-order chi connectivity index (χ0) is 15.9. The average molecular weight is 325 g/mol. The molecule has 1 aromatic carbocycles. The summed E-state index contributed by atoms with van der Waals surface area (Å²) < 4.78 is 4.92. The number of carbonyl (C=O) groups excluding carboxylic acids is 2. The molecular formula is C16H21ClN2O3. The van der Waals surface area contributed by atoms with Gasteiger partial charge in [0.1, 0.15) is 0 Å². The lowest BCUT2D eigenvalue weighted by molar-refractivity contribution is -0.127. The predicted octanol–water partition coefficient (Wildman–Crippen LogP) is 1.74. The van der Waals surface area contributed by atoms with Crippen LogP contribution in [0.1, 0.15) is 18.4 Å². The highest BCUT2D eigenvalue weighted by molar-refractivity contribution is 6.30. The minimum atomic E-state index is -0.199. The Hall–Kier alpha value is -1.59. The summed E-state index contributed by atoms with van der Waals surface area (Å²) in [6, 6.07) is 7.32. The van der Waals surface area contributed by atoms with E-state index >= 15 is 0 Å². The predicted molar refractivity (Wildman–Crippen MR) is 84.4 cm³/mol. The van der Waals surface area contributed by atoms with E-state index in [-0.39, 0.29) is 23.7 Å². The van der Waals surface area contributed by atoms with Gasteiger partial charge in [0.15, 0.2) is 0 Å². The van der Waals surface area contributed by atoms with Crippen LogP contribution in [0.3, 0.4) is 0 Å². The first kappa shape index (κ1) is 16.8. The number of rotatable bonds is 8. The largest absolute Gasteiger partial charge is 0.385 e. The fourth-order valence-electron chi connectivity index (χ4n) is 2.26. The quantitative estimate of drug-likeness (QED) is 0.716. The van der Waals surface area contributed by atoms with E-state index in [1.54, 1.807) is 19.2 Å². The van der Waals surface area contributed by atoms with Crippen LogP contribution in [0.5, 0.6) is 0 Å².